The highest BCUT2D eigenvalue weighted by Crippen LogP contribution is 2.25. The Morgan fingerprint density at radius 3 is 2.46 bits per heavy atom. The summed E-state index contributed by atoms with van der Waals surface area (Å²) in [6.07, 6.45) is 0. The fourth-order valence-corrected chi connectivity index (χ4v) is 3.62. The van der Waals surface area contributed by atoms with Gasteiger partial charge in [0.25, 0.3) is 0 Å². The second-order valence-electron chi connectivity index (χ2n) is 6.38. The lowest BCUT2D eigenvalue weighted by molar-refractivity contribution is 0.0709. The van der Waals surface area contributed by atoms with Crippen LogP contribution in [0.25, 0.3) is 0 Å². The van der Waals surface area contributed by atoms with Gasteiger partial charge < -0.3 is 20.6 Å². The van der Waals surface area contributed by atoms with Crippen molar-refractivity contribution in [1.29, 1.82) is 0 Å². The molecule has 1 atom stereocenters. The van der Waals surface area contributed by atoms with Gasteiger partial charge in [-0.15, -0.1) is 35.3 Å². The van der Waals surface area contributed by atoms with Crippen LogP contribution in [0.4, 0.5) is 10.1 Å². The standard InChI is InChI=1S/C18H23FN4OS.HI/c1-18(24,16-3-2-12-25-16)13-21-17(20)23-10-8-22(9-11-23)15-6-4-14(19)5-7-15;/h2-7,12,24H,8-11,13H2,1H3,(H2,20,21);1H. The first kappa shape index (κ1) is 20.9. The molecular formula is C18H24FIN4OS. The van der Waals surface area contributed by atoms with Crippen molar-refractivity contribution < 1.29 is 9.50 Å². The van der Waals surface area contributed by atoms with Gasteiger partial charge in [-0.1, -0.05) is 6.07 Å². The van der Waals surface area contributed by atoms with Crippen molar-refractivity contribution in [2.75, 3.05) is 37.6 Å². The van der Waals surface area contributed by atoms with Crippen molar-refractivity contribution in [2.24, 2.45) is 10.7 Å². The van der Waals surface area contributed by atoms with Crippen molar-refractivity contribution in [1.82, 2.24) is 4.90 Å². The van der Waals surface area contributed by atoms with Crippen LogP contribution in [0, 0.1) is 5.82 Å². The number of aliphatic hydroxyl groups is 1. The molecule has 3 rings (SSSR count). The van der Waals surface area contributed by atoms with E-state index < -0.39 is 5.60 Å². The second-order valence-corrected chi connectivity index (χ2v) is 7.32. The van der Waals surface area contributed by atoms with Crippen LogP contribution >= 0.6 is 35.3 Å². The van der Waals surface area contributed by atoms with E-state index in [1.54, 1.807) is 19.1 Å². The van der Waals surface area contributed by atoms with Crippen LogP contribution in [0.3, 0.4) is 0 Å². The minimum atomic E-state index is -1.01. The summed E-state index contributed by atoms with van der Waals surface area (Å²) in [5, 5.41) is 12.5. The molecule has 0 saturated carbocycles. The van der Waals surface area contributed by atoms with Crippen molar-refractivity contribution in [3.05, 3.63) is 52.5 Å². The summed E-state index contributed by atoms with van der Waals surface area (Å²) >= 11 is 1.51. The minimum absolute atomic E-state index is 0. The third-order valence-electron chi connectivity index (χ3n) is 4.40. The molecule has 142 valence electrons. The quantitative estimate of drug-likeness (QED) is 0.393. The van der Waals surface area contributed by atoms with E-state index in [0.29, 0.717) is 5.96 Å². The van der Waals surface area contributed by atoms with Crippen molar-refractivity contribution in [3.63, 3.8) is 0 Å². The van der Waals surface area contributed by atoms with Crippen molar-refractivity contribution >= 4 is 47.0 Å². The first-order valence-electron chi connectivity index (χ1n) is 8.27. The summed E-state index contributed by atoms with van der Waals surface area (Å²) in [6, 6.07) is 10.4. The molecule has 0 amide bonds. The number of rotatable bonds is 4. The number of benzene rings is 1. The normalized spacial score (nSPS) is 17.6. The van der Waals surface area contributed by atoms with E-state index in [9.17, 15) is 9.50 Å². The van der Waals surface area contributed by atoms with Gasteiger partial charge in [0.1, 0.15) is 11.4 Å². The lowest BCUT2D eigenvalue weighted by Crippen LogP contribution is -2.51. The van der Waals surface area contributed by atoms with Gasteiger partial charge in [-0.25, -0.2) is 9.38 Å². The summed E-state index contributed by atoms with van der Waals surface area (Å²) in [5.74, 6) is 0.229. The number of hydrogen-bond donors (Lipinski definition) is 2. The smallest absolute Gasteiger partial charge is 0.191 e. The molecule has 0 radical (unpaired) electrons. The van der Waals surface area contributed by atoms with Crippen LogP contribution in [0.15, 0.2) is 46.8 Å². The number of thiophene rings is 1. The average molecular weight is 490 g/mol. The van der Waals surface area contributed by atoms with E-state index in [-0.39, 0.29) is 36.3 Å². The monoisotopic (exact) mass is 490 g/mol. The number of nitrogens with two attached hydrogens (primary N) is 1. The fraction of sp³-hybridized carbons (Fsp3) is 0.389. The summed E-state index contributed by atoms with van der Waals surface area (Å²) < 4.78 is 13.0. The zero-order chi connectivity index (χ0) is 17.9. The highest BCUT2D eigenvalue weighted by Gasteiger charge is 2.25. The van der Waals surface area contributed by atoms with Crippen LogP contribution < -0.4 is 10.6 Å². The van der Waals surface area contributed by atoms with Crippen LogP contribution in [-0.2, 0) is 5.60 Å². The number of guanidine groups is 1. The molecule has 1 fully saturated rings. The van der Waals surface area contributed by atoms with E-state index in [4.69, 9.17) is 5.73 Å². The van der Waals surface area contributed by atoms with Gasteiger partial charge in [-0.05, 0) is 42.6 Å². The number of aliphatic imine (C=N–C) groups is 1. The number of halogens is 2. The van der Waals surface area contributed by atoms with Crippen molar-refractivity contribution in [2.45, 2.75) is 12.5 Å². The Balaban J connectivity index is 0.00000243. The number of nitrogens with zero attached hydrogens (tertiary/aromatic N) is 3. The van der Waals surface area contributed by atoms with Gasteiger partial charge in [0.2, 0.25) is 0 Å². The Kier molecular flexibility index (Phi) is 7.24. The molecule has 1 unspecified atom stereocenters. The lowest BCUT2D eigenvalue weighted by Gasteiger charge is -2.36. The second kappa shape index (κ2) is 9.01. The molecule has 1 saturated heterocycles. The summed E-state index contributed by atoms with van der Waals surface area (Å²) in [4.78, 5) is 9.49. The third kappa shape index (κ3) is 5.08. The molecule has 26 heavy (non-hydrogen) atoms. The third-order valence-corrected chi connectivity index (χ3v) is 5.52. The van der Waals surface area contributed by atoms with E-state index >= 15 is 0 Å². The van der Waals surface area contributed by atoms with Gasteiger partial charge >= 0.3 is 0 Å². The number of hydrogen-bond acceptors (Lipinski definition) is 4. The zero-order valence-electron chi connectivity index (χ0n) is 14.6. The molecule has 5 nitrogen and oxygen atoms in total. The van der Waals surface area contributed by atoms with E-state index in [1.165, 1.54) is 23.5 Å². The van der Waals surface area contributed by atoms with Crippen molar-refractivity contribution in [3.8, 4) is 0 Å². The average Bonchev–Trinajstić information content (AvgIpc) is 3.16. The molecule has 1 aliphatic rings. The van der Waals surface area contributed by atoms with E-state index in [2.05, 4.69) is 9.89 Å². The Hall–Kier alpha value is -1.39. The molecule has 0 aliphatic carbocycles. The highest BCUT2D eigenvalue weighted by molar-refractivity contribution is 14.0. The molecule has 0 bridgehead atoms. The zero-order valence-corrected chi connectivity index (χ0v) is 17.8. The highest BCUT2D eigenvalue weighted by atomic mass is 127. The maximum absolute atomic E-state index is 13.0. The Bertz CT molecular complexity index is 713. The molecule has 2 heterocycles. The molecule has 8 heteroatoms. The molecule has 2 aromatic rings. The van der Waals surface area contributed by atoms with Crippen LogP contribution in [0.5, 0.6) is 0 Å². The maximum atomic E-state index is 13.0. The summed E-state index contributed by atoms with van der Waals surface area (Å²) in [5.41, 5.74) is 6.12. The fourth-order valence-electron chi connectivity index (χ4n) is 2.84. The first-order chi connectivity index (χ1) is 12.0. The van der Waals surface area contributed by atoms with Gasteiger partial charge in [0.05, 0.1) is 6.54 Å². The molecule has 0 spiro atoms. The number of piperazine rings is 1. The van der Waals surface area contributed by atoms with Crippen LogP contribution in [0.2, 0.25) is 0 Å². The summed E-state index contributed by atoms with van der Waals surface area (Å²) in [6.45, 7) is 5.06. The molecule has 1 aliphatic heterocycles. The van der Waals surface area contributed by atoms with Crippen LogP contribution in [0.1, 0.15) is 11.8 Å². The van der Waals surface area contributed by atoms with Gasteiger partial charge in [-0.3, -0.25) is 0 Å². The Morgan fingerprint density at radius 2 is 1.88 bits per heavy atom. The van der Waals surface area contributed by atoms with E-state index in [1.807, 2.05) is 22.4 Å². The maximum Gasteiger partial charge on any atom is 0.191 e. The largest absolute Gasteiger partial charge is 0.383 e. The molecule has 1 aromatic heterocycles. The lowest BCUT2D eigenvalue weighted by atomic mass is 10.1. The Morgan fingerprint density at radius 1 is 1.23 bits per heavy atom. The van der Waals surface area contributed by atoms with Gasteiger partial charge in [-0.2, -0.15) is 0 Å². The molecular weight excluding hydrogens is 466 g/mol. The predicted octanol–water partition coefficient (Wildman–Crippen LogP) is 2.85. The Labute approximate surface area is 174 Å². The van der Waals surface area contributed by atoms with E-state index in [0.717, 1.165) is 36.7 Å². The number of anilines is 1. The minimum Gasteiger partial charge on any atom is -0.383 e. The SMILES string of the molecule is CC(O)(CN=C(N)N1CCN(c2ccc(F)cc2)CC1)c1cccs1.I. The van der Waals surface area contributed by atoms with Gasteiger partial charge in [0.15, 0.2) is 5.96 Å². The predicted molar refractivity (Wildman–Crippen MR) is 116 cm³/mol. The first-order valence-corrected chi connectivity index (χ1v) is 9.15. The molecule has 1 aromatic carbocycles. The van der Waals surface area contributed by atoms with Gasteiger partial charge in [0, 0.05) is 36.7 Å². The summed E-state index contributed by atoms with van der Waals surface area (Å²) in [7, 11) is 0. The topological polar surface area (TPSA) is 65.1 Å². The van der Waals surface area contributed by atoms with Crippen LogP contribution in [-0.4, -0.2) is 48.7 Å². The molecule has 3 N–H and O–H groups in total.